The molecule has 5 aromatic rings. The fourth-order valence-electron chi connectivity index (χ4n) is 3.94. The monoisotopic (exact) mass is 467 g/mol. The number of hydrogen-bond acceptors (Lipinski definition) is 5. The van der Waals surface area contributed by atoms with Gasteiger partial charge in [0, 0.05) is 12.5 Å². The molecule has 3 heterocycles. The third-order valence-electron chi connectivity index (χ3n) is 5.72. The van der Waals surface area contributed by atoms with Gasteiger partial charge in [-0.1, -0.05) is 48.0 Å². The highest BCUT2D eigenvalue weighted by molar-refractivity contribution is 5.90. The number of amides is 1. The number of rotatable bonds is 7. The summed E-state index contributed by atoms with van der Waals surface area (Å²) in [4.78, 5) is 32.9. The smallest absolute Gasteiger partial charge is 0.263 e. The van der Waals surface area contributed by atoms with Crippen molar-refractivity contribution < 1.29 is 4.79 Å². The first-order valence-electron chi connectivity index (χ1n) is 11.4. The summed E-state index contributed by atoms with van der Waals surface area (Å²) in [7, 11) is 0. The van der Waals surface area contributed by atoms with Crippen LogP contribution in [0.15, 0.2) is 71.7 Å². The summed E-state index contributed by atoms with van der Waals surface area (Å²) in [5.74, 6) is 0.510. The fraction of sp³-hybridized carbons (Fsp3) is 0.192. The van der Waals surface area contributed by atoms with E-state index in [2.05, 4.69) is 37.6 Å². The van der Waals surface area contributed by atoms with Crippen LogP contribution in [0.2, 0.25) is 0 Å². The number of aromatic amines is 1. The number of carbonyl (C=O) groups is 1. The second kappa shape index (κ2) is 9.38. The second-order valence-electron chi connectivity index (χ2n) is 8.49. The third-order valence-corrected chi connectivity index (χ3v) is 5.72. The number of aromatic nitrogens is 6. The highest BCUT2D eigenvalue weighted by Crippen LogP contribution is 2.19. The highest BCUT2D eigenvalue weighted by atomic mass is 16.1. The maximum Gasteiger partial charge on any atom is 0.263 e. The Bertz CT molecular complexity index is 1550. The first-order valence-corrected chi connectivity index (χ1v) is 11.4. The predicted octanol–water partition coefficient (Wildman–Crippen LogP) is 3.87. The topological polar surface area (TPSA) is 110 Å². The third kappa shape index (κ3) is 4.74. The van der Waals surface area contributed by atoms with Crippen LogP contribution in [0.3, 0.4) is 0 Å². The zero-order valence-electron chi connectivity index (χ0n) is 19.5. The van der Waals surface area contributed by atoms with Gasteiger partial charge in [-0.05, 0) is 44.4 Å². The van der Waals surface area contributed by atoms with Crippen LogP contribution >= 0.6 is 0 Å². The maximum absolute atomic E-state index is 12.8. The molecule has 0 saturated heterocycles. The van der Waals surface area contributed by atoms with E-state index in [1.807, 2.05) is 56.3 Å². The van der Waals surface area contributed by atoms with Crippen molar-refractivity contribution in [2.24, 2.45) is 0 Å². The maximum atomic E-state index is 12.8. The summed E-state index contributed by atoms with van der Waals surface area (Å²) >= 11 is 0. The quantitative estimate of drug-likeness (QED) is 0.378. The van der Waals surface area contributed by atoms with Crippen molar-refractivity contribution in [1.29, 1.82) is 0 Å². The van der Waals surface area contributed by atoms with Crippen molar-refractivity contribution in [2.75, 3.05) is 5.32 Å². The Labute approximate surface area is 201 Å². The molecule has 9 heteroatoms. The minimum atomic E-state index is -0.336. The molecule has 35 heavy (non-hydrogen) atoms. The van der Waals surface area contributed by atoms with E-state index in [1.54, 1.807) is 10.7 Å². The Morgan fingerprint density at radius 1 is 1.03 bits per heavy atom. The molecule has 9 nitrogen and oxygen atoms in total. The SMILES string of the molecule is Cc1ccc(-n2ncc3c(=O)[nH]c(-n4nc(C)cc4NC(=O)CCCc4ccccc4)nc32)cc1. The molecule has 0 aliphatic rings. The van der Waals surface area contributed by atoms with Crippen molar-refractivity contribution in [3.05, 3.63) is 94.0 Å². The van der Waals surface area contributed by atoms with Gasteiger partial charge in [0.2, 0.25) is 11.9 Å². The molecule has 176 valence electrons. The zero-order valence-corrected chi connectivity index (χ0v) is 19.5. The van der Waals surface area contributed by atoms with E-state index in [0.29, 0.717) is 29.0 Å². The van der Waals surface area contributed by atoms with E-state index in [4.69, 9.17) is 0 Å². The van der Waals surface area contributed by atoms with Crippen LogP contribution < -0.4 is 10.9 Å². The molecule has 2 N–H and O–H groups in total. The number of nitrogens with zero attached hydrogens (tertiary/aromatic N) is 5. The number of benzene rings is 2. The molecule has 0 unspecified atom stereocenters. The summed E-state index contributed by atoms with van der Waals surface area (Å²) in [6, 6.07) is 19.6. The van der Waals surface area contributed by atoms with Crippen LogP contribution in [-0.2, 0) is 11.2 Å². The normalized spacial score (nSPS) is 11.1. The van der Waals surface area contributed by atoms with E-state index in [1.165, 1.54) is 16.4 Å². The molecule has 3 aromatic heterocycles. The van der Waals surface area contributed by atoms with Crippen LogP contribution in [0.1, 0.15) is 29.7 Å². The number of nitrogens with one attached hydrogen (secondary N) is 2. The van der Waals surface area contributed by atoms with Gasteiger partial charge in [0.05, 0.1) is 17.6 Å². The molecule has 0 atom stereocenters. The second-order valence-corrected chi connectivity index (χ2v) is 8.49. The van der Waals surface area contributed by atoms with Gasteiger partial charge in [0.15, 0.2) is 5.65 Å². The van der Waals surface area contributed by atoms with Gasteiger partial charge in [0.25, 0.3) is 5.56 Å². The minimum Gasteiger partial charge on any atom is -0.310 e. The minimum absolute atomic E-state index is 0.129. The molecule has 0 aliphatic heterocycles. The molecule has 0 bridgehead atoms. The molecule has 0 spiro atoms. The first kappa shape index (κ1) is 22.3. The fourth-order valence-corrected chi connectivity index (χ4v) is 3.94. The summed E-state index contributed by atoms with van der Waals surface area (Å²) in [6.07, 6.45) is 3.40. The lowest BCUT2D eigenvalue weighted by Crippen LogP contribution is -2.19. The molecule has 5 rings (SSSR count). The van der Waals surface area contributed by atoms with E-state index < -0.39 is 0 Å². The van der Waals surface area contributed by atoms with Crippen molar-refractivity contribution in [1.82, 2.24) is 29.5 Å². The van der Waals surface area contributed by atoms with Gasteiger partial charge in [-0.3, -0.25) is 14.6 Å². The van der Waals surface area contributed by atoms with Gasteiger partial charge in [-0.2, -0.15) is 19.9 Å². The molecular weight excluding hydrogens is 442 g/mol. The predicted molar refractivity (Wildman–Crippen MR) is 134 cm³/mol. The van der Waals surface area contributed by atoms with Crippen molar-refractivity contribution in [3.63, 3.8) is 0 Å². The number of aryl methyl sites for hydroxylation is 3. The summed E-state index contributed by atoms with van der Waals surface area (Å²) < 4.78 is 3.06. The molecule has 0 saturated carbocycles. The Balaban J connectivity index is 1.41. The van der Waals surface area contributed by atoms with Crippen molar-refractivity contribution in [2.45, 2.75) is 33.1 Å². The molecule has 0 fully saturated rings. The van der Waals surface area contributed by atoms with E-state index in [9.17, 15) is 9.59 Å². The standard InChI is InChI=1S/C26H25N7O2/c1-17-11-13-20(14-12-17)32-24-21(16-27-32)25(35)30-26(29-24)33-22(15-18(2)31-33)28-23(34)10-6-9-19-7-4-3-5-8-19/h3-5,7-8,11-16H,6,9-10H2,1-2H3,(H,28,34)(H,29,30,35). The van der Waals surface area contributed by atoms with Crippen molar-refractivity contribution in [3.8, 4) is 11.6 Å². The Morgan fingerprint density at radius 3 is 2.57 bits per heavy atom. The van der Waals surface area contributed by atoms with Crippen LogP contribution in [0.5, 0.6) is 0 Å². The average molecular weight is 468 g/mol. The Kier molecular flexibility index (Phi) is 5.97. The van der Waals surface area contributed by atoms with Crippen LogP contribution in [-0.4, -0.2) is 35.4 Å². The molecule has 1 amide bonds. The molecule has 0 radical (unpaired) electrons. The van der Waals surface area contributed by atoms with Gasteiger partial charge in [-0.15, -0.1) is 0 Å². The number of hydrogen-bond donors (Lipinski definition) is 2. The number of H-pyrrole nitrogens is 1. The molecule has 2 aromatic carbocycles. The lowest BCUT2D eigenvalue weighted by atomic mass is 10.1. The van der Waals surface area contributed by atoms with Gasteiger partial charge < -0.3 is 5.32 Å². The van der Waals surface area contributed by atoms with E-state index in [-0.39, 0.29) is 17.4 Å². The average Bonchev–Trinajstić information content (AvgIpc) is 3.44. The summed E-state index contributed by atoms with van der Waals surface area (Å²) in [5.41, 5.74) is 3.85. The highest BCUT2D eigenvalue weighted by Gasteiger charge is 2.17. The van der Waals surface area contributed by atoms with Crippen LogP contribution in [0.25, 0.3) is 22.7 Å². The lowest BCUT2D eigenvalue weighted by Gasteiger charge is -2.09. The Hall–Kier alpha value is -4.53. The van der Waals surface area contributed by atoms with E-state index >= 15 is 0 Å². The number of carbonyl (C=O) groups excluding carboxylic acids is 1. The summed E-state index contributed by atoms with van der Waals surface area (Å²) in [5, 5.41) is 12.1. The van der Waals surface area contributed by atoms with Gasteiger partial charge in [0.1, 0.15) is 11.2 Å². The first-order chi connectivity index (χ1) is 17.0. The van der Waals surface area contributed by atoms with Crippen LogP contribution in [0, 0.1) is 13.8 Å². The van der Waals surface area contributed by atoms with Gasteiger partial charge in [-0.25, -0.2) is 4.68 Å². The van der Waals surface area contributed by atoms with E-state index in [0.717, 1.165) is 24.1 Å². The largest absolute Gasteiger partial charge is 0.310 e. The number of anilines is 1. The summed E-state index contributed by atoms with van der Waals surface area (Å²) in [6.45, 7) is 3.82. The molecule has 0 aliphatic carbocycles. The lowest BCUT2D eigenvalue weighted by molar-refractivity contribution is -0.116. The van der Waals surface area contributed by atoms with Crippen LogP contribution in [0.4, 0.5) is 5.82 Å². The molecular formula is C26H25N7O2. The zero-order chi connectivity index (χ0) is 24.4. The number of fused-ring (bicyclic) bond motifs is 1. The van der Waals surface area contributed by atoms with Crippen molar-refractivity contribution >= 4 is 22.8 Å². The van der Waals surface area contributed by atoms with Gasteiger partial charge >= 0.3 is 0 Å². The Morgan fingerprint density at radius 2 is 1.80 bits per heavy atom.